The molecule has 0 spiro atoms. The van der Waals surface area contributed by atoms with Crippen LogP contribution in [0.2, 0.25) is 10.0 Å². The Bertz CT molecular complexity index is 1040. The van der Waals surface area contributed by atoms with Gasteiger partial charge >= 0.3 is 6.36 Å². The molecular weight excluding hydrogens is 452 g/mol. The van der Waals surface area contributed by atoms with Crippen LogP contribution in [0.3, 0.4) is 0 Å². The second-order valence-corrected chi connectivity index (χ2v) is 7.53. The summed E-state index contributed by atoms with van der Waals surface area (Å²) in [5.74, 6) is 0.330. The Balaban J connectivity index is 2.03. The van der Waals surface area contributed by atoms with Gasteiger partial charge in [0.15, 0.2) is 0 Å². The highest BCUT2D eigenvalue weighted by molar-refractivity contribution is 6.39. The van der Waals surface area contributed by atoms with Crippen molar-refractivity contribution < 1.29 is 17.9 Å². The predicted molar refractivity (Wildman–Crippen MR) is 117 cm³/mol. The molecule has 0 aliphatic carbocycles. The molecular formula is C21H19Cl2F3N4O. The molecule has 2 aromatic carbocycles. The fourth-order valence-electron chi connectivity index (χ4n) is 2.64. The van der Waals surface area contributed by atoms with E-state index < -0.39 is 6.36 Å². The number of nitrogens with one attached hydrogen (secondary N) is 2. The summed E-state index contributed by atoms with van der Waals surface area (Å²) in [5, 5.41) is 7.03. The maximum atomic E-state index is 12.6. The first-order valence-corrected chi connectivity index (χ1v) is 10.1. The first kappa shape index (κ1) is 23.0. The molecule has 1 atom stereocenters. The molecule has 0 aliphatic rings. The van der Waals surface area contributed by atoms with E-state index in [-0.39, 0.29) is 11.8 Å². The van der Waals surface area contributed by atoms with Crippen LogP contribution < -0.4 is 15.4 Å². The third kappa shape index (κ3) is 6.38. The summed E-state index contributed by atoms with van der Waals surface area (Å²) in [4.78, 5) is 8.89. The fraction of sp³-hybridized carbons (Fsp3) is 0.238. The van der Waals surface area contributed by atoms with Gasteiger partial charge in [-0.05, 0) is 37.6 Å². The molecule has 0 bridgehead atoms. The Morgan fingerprint density at radius 1 is 1.03 bits per heavy atom. The van der Waals surface area contributed by atoms with Crippen LogP contribution in [0.1, 0.15) is 20.3 Å². The molecule has 0 saturated carbocycles. The van der Waals surface area contributed by atoms with Gasteiger partial charge in [0.1, 0.15) is 11.6 Å². The maximum absolute atomic E-state index is 12.6. The zero-order valence-corrected chi connectivity index (χ0v) is 18.1. The van der Waals surface area contributed by atoms with Crippen LogP contribution in [0.15, 0.2) is 48.5 Å². The van der Waals surface area contributed by atoms with Gasteiger partial charge in [0.2, 0.25) is 5.95 Å². The molecule has 1 heterocycles. The predicted octanol–water partition coefficient (Wildman–Crippen LogP) is 7.30. The summed E-state index contributed by atoms with van der Waals surface area (Å²) < 4.78 is 41.9. The van der Waals surface area contributed by atoms with Crippen LogP contribution in [0.5, 0.6) is 5.75 Å². The number of hydrogen-bond acceptors (Lipinski definition) is 5. The van der Waals surface area contributed by atoms with Crippen molar-refractivity contribution in [2.75, 3.05) is 10.6 Å². The van der Waals surface area contributed by atoms with Crippen LogP contribution in [-0.4, -0.2) is 22.4 Å². The molecule has 10 heteroatoms. The largest absolute Gasteiger partial charge is 0.573 e. The number of para-hydroxylation sites is 1. The molecule has 31 heavy (non-hydrogen) atoms. The SMILES string of the molecule is CC[C@@H](C)Nc1nc(Nc2c(Cl)cccc2Cl)cc(-c2cccc(OC(F)(F)F)c2)n1. The Morgan fingerprint density at radius 2 is 1.71 bits per heavy atom. The molecule has 0 radical (unpaired) electrons. The monoisotopic (exact) mass is 470 g/mol. The molecule has 0 aliphatic heterocycles. The summed E-state index contributed by atoms with van der Waals surface area (Å²) >= 11 is 12.5. The number of aromatic nitrogens is 2. The number of halogens is 5. The van der Waals surface area contributed by atoms with E-state index in [2.05, 4.69) is 25.3 Å². The highest BCUT2D eigenvalue weighted by Gasteiger charge is 2.31. The maximum Gasteiger partial charge on any atom is 0.573 e. The van der Waals surface area contributed by atoms with Gasteiger partial charge in [-0.25, -0.2) is 4.98 Å². The van der Waals surface area contributed by atoms with Crippen molar-refractivity contribution in [3.63, 3.8) is 0 Å². The van der Waals surface area contributed by atoms with Crippen molar-refractivity contribution in [2.24, 2.45) is 0 Å². The normalized spacial score (nSPS) is 12.4. The van der Waals surface area contributed by atoms with E-state index in [1.165, 1.54) is 18.2 Å². The lowest BCUT2D eigenvalue weighted by atomic mass is 10.1. The molecule has 0 fully saturated rings. The van der Waals surface area contributed by atoms with Gasteiger partial charge in [-0.15, -0.1) is 13.2 Å². The minimum atomic E-state index is -4.79. The molecule has 1 aromatic heterocycles. The third-order valence-electron chi connectivity index (χ3n) is 4.29. The second-order valence-electron chi connectivity index (χ2n) is 6.71. The minimum Gasteiger partial charge on any atom is -0.406 e. The fourth-order valence-corrected chi connectivity index (χ4v) is 3.14. The number of nitrogens with zero attached hydrogens (tertiary/aromatic N) is 2. The molecule has 0 saturated heterocycles. The van der Waals surface area contributed by atoms with Crippen LogP contribution in [-0.2, 0) is 0 Å². The average Bonchev–Trinajstić information content (AvgIpc) is 2.69. The van der Waals surface area contributed by atoms with Crippen molar-refractivity contribution in [3.8, 4) is 17.0 Å². The van der Waals surface area contributed by atoms with Crippen molar-refractivity contribution in [3.05, 3.63) is 58.6 Å². The molecule has 0 unspecified atom stereocenters. The number of alkyl halides is 3. The Morgan fingerprint density at radius 3 is 2.35 bits per heavy atom. The van der Waals surface area contributed by atoms with Gasteiger partial charge in [-0.2, -0.15) is 4.98 Å². The summed E-state index contributed by atoms with van der Waals surface area (Å²) in [6.45, 7) is 3.97. The van der Waals surface area contributed by atoms with Crippen LogP contribution in [0, 0.1) is 0 Å². The zero-order chi connectivity index (χ0) is 22.6. The van der Waals surface area contributed by atoms with Gasteiger partial charge in [-0.3, -0.25) is 0 Å². The summed E-state index contributed by atoms with van der Waals surface area (Å²) in [5.41, 5.74) is 1.27. The Kier molecular flexibility index (Phi) is 7.12. The van der Waals surface area contributed by atoms with E-state index in [1.54, 1.807) is 30.3 Å². The van der Waals surface area contributed by atoms with E-state index in [4.69, 9.17) is 23.2 Å². The van der Waals surface area contributed by atoms with Crippen molar-refractivity contribution >= 4 is 40.7 Å². The lowest BCUT2D eigenvalue weighted by Crippen LogP contribution is -2.17. The molecule has 164 valence electrons. The number of rotatable bonds is 7. The summed E-state index contributed by atoms with van der Waals surface area (Å²) in [6.07, 6.45) is -3.97. The summed E-state index contributed by atoms with van der Waals surface area (Å²) in [6, 6.07) is 12.3. The van der Waals surface area contributed by atoms with Crippen LogP contribution in [0.4, 0.5) is 30.6 Å². The van der Waals surface area contributed by atoms with Crippen molar-refractivity contribution in [1.82, 2.24) is 9.97 Å². The van der Waals surface area contributed by atoms with Crippen molar-refractivity contribution in [1.29, 1.82) is 0 Å². The van der Waals surface area contributed by atoms with Crippen LogP contribution >= 0.6 is 23.2 Å². The van der Waals surface area contributed by atoms with Gasteiger partial charge in [0.05, 0.1) is 21.4 Å². The van der Waals surface area contributed by atoms with E-state index >= 15 is 0 Å². The molecule has 2 N–H and O–H groups in total. The first-order chi connectivity index (χ1) is 14.6. The molecule has 0 amide bonds. The number of anilines is 3. The van der Waals surface area contributed by atoms with Crippen molar-refractivity contribution in [2.45, 2.75) is 32.7 Å². The first-order valence-electron chi connectivity index (χ1n) is 9.37. The molecule has 5 nitrogen and oxygen atoms in total. The Labute approximate surface area is 187 Å². The highest BCUT2D eigenvalue weighted by atomic mass is 35.5. The number of ether oxygens (including phenoxy) is 1. The van der Waals surface area contributed by atoms with Gasteiger partial charge in [0.25, 0.3) is 0 Å². The van der Waals surface area contributed by atoms with Gasteiger partial charge < -0.3 is 15.4 Å². The smallest absolute Gasteiger partial charge is 0.406 e. The molecule has 3 rings (SSSR count). The lowest BCUT2D eigenvalue weighted by molar-refractivity contribution is -0.274. The standard InChI is InChI=1S/C21H19Cl2F3N4O/c1-3-12(2)27-20-28-17(13-6-4-7-14(10-13)31-21(24,25)26)11-18(30-20)29-19-15(22)8-5-9-16(19)23/h4-12H,3H2,1-2H3,(H2,27,28,29,30)/t12-/m1/s1. The average molecular weight is 471 g/mol. The Hall–Kier alpha value is -2.71. The quantitative estimate of drug-likeness (QED) is 0.379. The van der Waals surface area contributed by atoms with E-state index in [9.17, 15) is 13.2 Å². The number of hydrogen-bond donors (Lipinski definition) is 2. The van der Waals surface area contributed by atoms with E-state index in [0.717, 1.165) is 6.42 Å². The van der Waals surface area contributed by atoms with Gasteiger partial charge in [0, 0.05) is 17.7 Å². The second kappa shape index (κ2) is 9.62. The lowest BCUT2D eigenvalue weighted by Gasteiger charge is -2.16. The third-order valence-corrected chi connectivity index (χ3v) is 4.92. The van der Waals surface area contributed by atoms with E-state index in [1.807, 2.05) is 13.8 Å². The van der Waals surface area contributed by atoms with Crippen LogP contribution in [0.25, 0.3) is 11.3 Å². The topological polar surface area (TPSA) is 59.1 Å². The van der Waals surface area contributed by atoms with Gasteiger partial charge in [-0.1, -0.05) is 48.3 Å². The highest BCUT2D eigenvalue weighted by Crippen LogP contribution is 2.34. The molecule has 3 aromatic rings. The van der Waals surface area contributed by atoms with E-state index in [0.29, 0.717) is 38.8 Å². The zero-order valence-electron chi connectivity index (χ0n) is 16.6. The minimum absolute atomic E-state index is 0.0758. The summed E-state index contributed by atoms with van der Waals surface area (Å²) in [7, 11) is 0. The number of benzene rings is 2.